The Bertz CT molecular complexity index is 549. The fourth-order valence-corrected chi connectivity index (χ4v) is 4.17. The number of aryl methyl sites for hydroxylation is 2. The van der Waals surface area contributed by atoms with E-state index in [2.05, 4.69) is 58.1 Å². The van der Waals surface area contributed by atoms with Gasteiger partial charge in [-0.1, -0.05) is 51.8 Å². The molecule has 0 heterocycles. The van der Waals surface area contributed by atoms with E-state index in [0.717, 1.165) is 25.3 Å². The van der Waals surface area contributed by atoms with Crippen molar-refractivity contribution in [2.75, 3.05) is 6.54 Å². The van der Waals surface area contributed by atoms with E-state index >= 15 is 0 Å². The molecule has 0 aromatic heterocycles. The zero-order valence-corrected chi connectivity index (χ0v) is 16.2. The van der Waals surface area contributed by atoms with Gasteiger partial charge < -0.3 is 5.32 Å². The van der Waals surface area contributed by atoms with Gasteiger partial charge in [-0.25, -0.2) is 0 Å². The van der Waals surface area contributed by atoms with E-state index in [0.29, 0.717) is 11.8 Å². The summed E-state index contributed by atoms with van der Waals surface area (Å²) < 4.78 is 0. The van der Waals surface area contributed by atoms with Gasteiger partial charge in [0.1, 0.15) is 0 Å². The first kappa shape index (κ1) is 19.0. The number of nitrogens with one attached hydrogen (secondary N) is 1. The molecule has 1 aromatic carbocycles. The van der Waals surface area contributed by atoms with Crippen molar-refractivity contribution >= 4 is 5.91 Å². The number of amides is 1. The third kappa shape index (κ3) is 4.84. The molecule has 3 unspecified atom stereocenters. The van der Waals surface area contributed by atoms with Crippen molar-refractivity contribution in [2.45, 2.75) is 66.7 Å². The van der Waals surface area contributed by atoms with E-state index in [1.807, 2.05) is 0 Å². The Morgan fingerprint density at radius 1 is 1.21 bits per heavy atom. The maximum atomic E-state index is 12.8. The highest BCUT2D eigenvalue weighted by Gasteiger charge is 2.35. The van der Waals surface area contributed by atoms with Gasteiger partial charge in [0.05, 0.1) is 0 Å². The van der Waals surface area contributed by atoms with Gasteiger partial charge in [-0.2, -0.15) is 0 Å². The van der Waals surface area contributed by atoms with Crippen LogP contribution in [0.1, 0.15) is 63.1 Å². The molecule has 0 spiro atoms. The lowest BCUT2D eigenvalue weighted by Gasteiger charge is -2.37. The molecule has 1 aliphatic carbocycles. The fraction of sp³-hybridized carbons (Fsp3) is 0.682. The van der Waals surface area contributed by atoms with E-state index < -0.39 is 0 Å². The third-order valence-corrected chi connectivity index (χ3v) is 6.07. The molecule has 0 aliphatic heterocycles. The molecule has 1 aromatic rings. The van der Waals surface area contributed by atoms with Gasteiger partial charge in [-0.15, -0.1) is 0 Å². The number of carbonyl (C=O) groups is 1. The second kappa shape index (κ2) is 8.69. The van der Waals surface area contributed by atoms with Crippen molar-refractivity contribution in [3.05, 3.63) is 34.9 Å². The summed E-state index contributed by atoms with van der Waals surface area (Å²) in [5.74, 6) is 2.38. The molecule has 0 saturated heterocycles. The second-order valence-corrected chi connectivity index (χ2v) is 8.06. The van der Waals surface area contributed by atoms with Crippen molar-refractivity contribution in [1.29, 1.82) is 0 Å². The minimum Gasteiger partial charge on any atom is -0.356 e. The van der Waals surface area contributed by atoms with Crippen LogP contribution in [0.4, 0.5) is 0 Å². The topological polar surface area (TPSA) is 29.1 Å². The van der Waals surface area contributed by atoms with Crippen molar-refractivity contribution in [1.82, 2.24) is 5.32 Å². The Morgan fingerprint density at radius 3 is 2.58 bits per heavy atom. The van der Waals surface area contributed by atoms with Gasteiger partial charge >= 0.3 is 0 Å². The summed E-state index contributed by atoms with van der Waals surface area (Å²) in [6.45, 7) is 11.8. The van der Waals surface area contributed by atoms with E-state index in [1.165, 1.54) is 36.0 Å². The van der Waals surface area contributed by atoms with Crippen LogP contribution in [0.15, 0.2) is 18.2 Å². The highest BCUT2D eigenvalue weighted by Crippen LogP contribution is 2.39. The van der Waals surface area contributed by atoms with Crippen LogP contribution in [-0.4, -0.2) is 12.5 Å². The summed E-state index contributed by atoms with van der Waals surface area (Å²) in [5, 5.41) is 3.23. The molecule has 0 radical (unpaired) electrons. The van der Waals surface area contributed by atoms with Crippen molar-refractivity contribution in [2.24, 2.45) is 23.7 Å². The number of carbonyl (C=O) groups excluding carboxylic acids is 1. The lowest BCUT2D eigenvalue weighted by Crippen LogP contribution is -2.41. The standard InChI is InChI=1S/C22H35NO/c1-6-18-9-10-20(15(2)3)21(14-18)22(24)23-12-11-19-8-7-16(4)17(5)13-19/h7-8,13,15,18,20-21H,6,9-12,14H2,1-5H3,(H,23,24). The summed E-state index contributed by atoms with van der Waals surface area (Å²) in [7, 11) is 0. The van der Waals surface area contributed by atoms with Crippen LogP contribution in [0.5, 0.6) is 0 Å². The Kier molecular flexibility index (Phi) is 6.89. The molecule has 2 rings (SSSR count). The van der Waals surface area contributed by atoms with Crippen molar-refractivity contribution in [3.8, 4) is 0 Å². The van der Waals surface area contributed by atoms with Crippen LogP contribution >= 0.6 is 0 Å². The third-order valence-electron chi connectivity index (χ3n) is 6.07. The maximum absolute atomic E-state index is 12.8. The predicted octanol–water partition coefficient (Wildman–Crippen LogP) is 5.06. The molecular weight excluding hydrogens is 294 g/mol. The van der Waals surface area contributed by atoms with Crippen LogP contribution in [-0.2, 0) is 11.2 Å². The Labute approximate surface area is 148 Å². The van der Waals surface area contributed by atoms with Gasteiger partial charge in [-0.05, 0) is 67.6 Å². The molecule has 2 nitrogen and oxygen atoms in total. The highest BCUT2D eigenvalue weighted by molar-refractivity contribution is 5.79. The number of hydrogen-bond donors (Lipinski definition) is 1. The lowest BCUT2D eigenvalue weighted by molar-refractivity contribution is -0.129. The molecule has 24 heavy (non-hydrogen) atoms. The zero-order chi connectivity index (χ0) is 17.7. The minimum absolute atomic E-state index is 0.212. The van der Waals surface area contributed by atoms with Crippen LogP contribution in [0.3, 0.4) is 0 Å². The molecule has 0 bridgehead atoms. The summed E-state index contributed by atoms with van der Waals surface area (Å²) >= 11 is 0. The van der Waals surface area contributed by atoms with Gasteiger partial charge in [-0.3, -0.25) is 4.79 Å². The van der Waals surface area contributed by atoms with Crippen LogP contribution in [0, 0.1) is 37.5 Å². The highest BCUT2D eigenvalue weighted by atomic mass is 16.1. The van der Waals surface area contributed by atoms with E-state index in [-0.39, 0.29) is 11.8 Å². The van der Waals surface area contributed by atoms with Gasteiger partial charge in [0.15, 0.2) is 0 Å². The molecule has 1 N–H and O–H groups in total. The monoisotopic (exact) mass is 329 g/mol. The Balaban J connectivity index is 1.90. The van der Waals surface area contributed by atoms with E-state index in [1.54, 1.807) is 0 Å². The summed E-state index contributed by atoms with van der Waals surface area (Å²) in [4.78, 5) is 12.8. The Morgan fingerprint density at radius 2 is 1.96 bits per heavy atom. The van der Waals surface area contributed by atoms with Crippen LogP contribution < -0.4 is 5.32 Å². The molecular formula is C22H35NO. The van der Waals surface area contributed by atoms with E-state index in [4.69, 9.17) is 0 Å². The van der Waals surface area contributed by atoms with Crippen LogP contribution in [0.2, 0.25) is 0 Å². The number of benzene rings is 1. The smallest absolute Gasteiger partial charge is 0.223 e. The van der Waals surface area contributed by atoms with Gasteiger partial charge in [0.2, 0.25) is 5.91 Å². The quantitative estimate of drug-likeness (QED) is 0.776. The molecule has 2 heteroatoms. The average molecular weight is 330 g/mol. The molecule has 1 saturated carbocycles. The predicted molar refractivity (Wildman–Crippen MR) is 102 cm³/mol. The normalized spacial score (nSPS) is 24.2. The molecule has 1 amide bonds. The summed E-state index contributed by atoms with van der Waals surface area (Å²) in [6, 6.07) is 6.60. The lowest BCUT2D eigenvalue weighted by atomic mass is 9.68. The Hall–Kier alpha value is -1.31. The number of hydrogen-bond acceptors (Lipinski definition) is 1. The largest absolute Gasteiger partial charge is 0.356 e. The van der Waals surface area contributed by atoms with E-state index in [9.17, 15) is 4.79 Å². The first-order valence-electron chi connectivity index (χ1n) is 9.76. The SMILES string of the molecule is CCC1CCC(C(C)C)C(C(=O)NCCc2ccc(C)c(C)c2)C1. The van der Waals surface area contributed by atoms with Crippen molar-refractivity contribution < 1.29 is 4.79 Å². The maximum Gasteiger partial charge on any atom is 0.223 e. The summed E-state index contributed by atoms with van der Waals surface area (Å²) in [6.07, 6.45) is 5.71. The average Bonchev–Trinajstić information content (AvgIpc) is 2.57. The molecule has 3 atom stereocenters. The van der Waals surface area contributed by atoms with Crippen LogP contribution in [0.25, 0.3) is 0 Å². The fourth-order valence-electron chi connectivity index (χ4n) is 4.17. The summed E-state index contributed by atoms with van der Waals surface area (Å²) in [5.41, 5.74) is 3.97. The first-order chi connectivity index (χ1) is 11.4. The molecule has 134 valence electrons. The molecule has 1 fully saturated rings. The van der Waals surface area contributed by atoms with Gasteiger partial charge in [0, 0.05) is 12.5 Å². The van der Waals surface area contributed by atoms with Gasteiger partial charge in [0.25, 0.3) is 0 Å². The number of rotatable bonds is 6. The zero-order valence-electron chi connectivity index (χ0n) is 16.2. The second-order valence-electron chi connectivity index (χ2n) is 8.06. The van der Waals surface area contributed by atoms with Crippen molar-refractivity contribution in [3.63, 3.8) is 0 Å². The molecule has 1 aliphatic rings. The first-order valence-corrected chi connectivity index (χ1v) is 9.76. The minimum atomic E-state index is 0.212.